The molecule has 4 atom stereocenters. The molecular formula is C29H40F3N7O2. The highest BCUT2D eigenvalue weighted by Crippen LogP contribution is 2.43. The molecule has 4 aliphatic heterocycles. The van der Waals surface area contributed by atoms with Crippen molar-refractivity contribution in [2.75, 3.05) is 69.4 Å². The Balaban J connectivity index is 1.24. The van der Waals surface area contributed by atoms with Crippen LogP contribution in [0.15, 0.2) is 18.3 Å². The molecule has 1 N–H and O–H groups in total. The number of hydrogen-bond acceptors (Lipinski definition) is 9. The first kappa shape index (κ1) is 28.6. The van der Waals surface area contributed by atoms with Crippen molar-refractivity contribution in [3.63, 3.8) is 0 Å². The van der Waals surface area contributed by atoms with E-state index in [4.69, 9.17) is 14.5 Å². The lowest BCUT2D eigenvalue weighted by atomic mass is 9.79. The number of piperazine rings is 1. The quantitative estimate of drug-likeness (QED) is 0.558. The van der Waals surface area contributed by atoms with Gasteiger partial charge in [0.05, 0.1) is 18.9 Å². The van der Waals surface area contributed by atoms with Gasteiger partial charge in [-0.05, 0) is 56.7 Å². The highest BCUT2D eigenvalue weighted by molar-refractivity contribution is 5.55. The molecule has 0 aliphatic carbocycles. The molecule has 12 heteroatoms. The van der Waals surface area contributed by atoms with Gasteiger partial charge in [0.2, 0.25) is 5.82 Å². The Labute approximate surface area is 239 Å². The van der Waals surface area contributed by atoms with Crippen molar-refractivity contribution in [1.82, 2.24) is 25.2 Å². The molecule has 0 spiro atoms. The summed E-state index contributed by atoms with van der Waals surface area (Å²) in [4.78, 5) is 19.2. The standard InChI is InChI=1S/C29H40F3N7O2/c1-18-5-7-34-26(28(40-4)16-41-17-28)25(18)21-6-10-38(19(2)13-21)23-14-24(36-27(35-23)29(30,31)32)39-15-22(20(39)3)37-11-8-33-9-12-37/h5,7,14,19-22,33H,6,8-13,15-17H2,1-4H3/t19-,20-,21+,22-/m1/s1. The zero-order valence-corrected chi connectivity index (χ0v) is 24.2. The normalized spacial score (nSPS) is 28.8. The van der Waals surface area contributed by atoms with E-state index in [1.807, 2.05) is 22.1 Å². The van der Waals surface area contributed by atoms with E-state index >= 15 is 0 Å². The lowest BCUT2D eigenvalue weighted by molar-refractivity contribution is -0.205. The lowest BCUT2D eigenvalue weighted by Gasteiger charge is -2.53. The fourth-order valence-corrected chi connectivity index (χ4v) is 7.03. The number of piperidine rings is 1. The molecule has 0 radical (unpaired) electrons. The molecule has 4 saturated heterocycles. The van der Waals surface area contributed by atoms with E-state index in [0.29, 0.717) is 44.0 Å². The number of pyridine rings is 1. The number of nitrogens with zero attached hydrogens (tertiary/aromatic N) is 6. The highest BCUT2D eigenvalue weighted by atomic mass is 19.4. The Kier molecular flexibility index (Phi) is 7.63. The monoisotopic (exact) mass is 575 g/mol. The summed E-state index contributed by atoms with van der Waals surface area (Å²) < 4.78 is 53.4. The van der Waals surface area contributed by atoms with Crippen LogP contribution in [0.3, 0.4) is 0 Å². The number of hydrogen-bond donors (Lipinski definition) is 1. The van der Waals surface area contributed by atoms with Gasteiger partial charge < -0.3 is 24.6 Å². The molecule has 2 aromatic heterocycles. The smallest absolute Gasteiger partial charge is 0.374 e. The van der Waals surface area contributed by atoms with Crippen molar-refractivity contribution < 1.29 is 22.6 Å². The maximum absolute atomic E-state index is 14.0. The Morgan fingerprint density at radius 3 is 2.37 bits per heavy atom. The number of nitrogens with one attached hydrogen (secondary N) is 1. The van der Waals surface area contributed by atoms with Crippen LogP contribution in [-0.4, -0.2) is 97.6 Å². The maximum atomic E-state index is 14.0. The van der Waals surface area contributed by atoms with Gasteiger partial charge >= 0.3 is 6.18 Å². The van der Waals surface area contributed by atoms with Crippen molar-refractivity contribution in [2.45, 2.75) is 69.4 Å². The summed E-state index contributed by atoms with van der Waals surface area (Å²) in [6.07, 6.45) is -1.27. The second-order valence-corrected chi connectivity index (χ2v) is 12.0. The molecule has 4 fully saturated rings. The largest absolute Gasteiger partial charge is 0.451 e. The van der Waals surface area contributed by atoms with Gasteiger partial charge in [-0.2, -0.15) is 13.2 Å². The van der Waals surface area contributed by atoms with Crippen LogP contribution >= 0.6 is 0 Å². The molecule has 9 nitrogen and oxygen atoms in total. The number of anilines is 2. The Bertz CT molecular complexity index is 1250. The van der Waals surface area contributed by atoms with Crippen LogP contribution in [0.5, 0.6) is 0 Å². The molecule has 2 aromatic rings. The van der Waals surface area contributed by atoms with Gasteiger partial charge in [-0.25, -0.2) is 9.97 Å². The number of alkyl halides is 3. The first-order valence-corrected chi connectivity index (χ1v) is 14.6. The van der Waals surface area contributed by atoms with Crippen LogP contribution in [0.4, 0.5) is 24.8 Å². The van der Waals surface area contributed by atoms with Crippen LogP contribution < -0.4 is 15.1 Å². The highest BCUT2D eigenvalue weighted by Gasteiger charge is 2.46. The molecule has 0 bridgehead atoms. The Hall–Kier alpha value is -2.54. The molecule has 4 aliphatic rings. The van der Waals surface area contributed by atoms with E-state index in [1.54, 1.807) is 13.2 Å². The van der Waals surface area contributed by atoms with Gasteiger partial charge in [0.1, 0.15) is 11.6 Å². The summed E-state index contributed by atoms with van der Waals surface area (Å²) in [6.45, 7) is 12.2. The molecule has 0 saturated carbocycles. The lowest BCUT2D eigenvalue weighted by Crippen LogP contribution is -2.68. The zero-order chi connectivity index (χ0) is 28.9. The molecule has 0 amide bonds. The van der Waals surface area contributed by atoms with E-state index in [2.05, 4.69) is 41.0 Å². The molecule has 41 heavy (non-hydrogen) atoms. The van der Waals surface area contributed by atoms with Crippen molar-refractivity contribution in [3.05, 3.63) is 41.0 Å². The van der Waals surface area contributed by atoms with Crippen LogP contribution in [0.1, 0.15) is 55.3 Å². The SMILES string of the molecule is COC1(c2nccc(C)c2[C@H]2CCN(c3cc(N4C[C@@H](N5CCNCC5)[C@H]4C)nc(C(F)(F)F)n3)[C@H](C)C2)COC1. The van der Waals surface area contributed by atoms with E-state index in [-0.39, 0.29) is 18.0 Å². The van der Waals surface area contributed by atoms with Gasteiger partial charge in [0.25, 0.3) is 0 Å². The summed E-state index contributed by atoms with van der Waals surface area (Å²) in [7, 11) is 1.69. The maximum Gasteiger partial charge on any atom is 0.451 e. The predicted molar refractivity (Wildman–Crippen MR) is 149 cm³/mol. The average molecular weight is 576 g/mol. The van der Waals surface area contributed by atoms with Crippen molar-refractivity contribution >= 4 is 11.6 Å². The van der Waals surface area contributed by atoms with Gasteiger partial charge in [-0.15, -0.1) is 0 Å². The minimum absolute atomic E-state index is 0.0245. The molecule has 6 rings (SSSR count). The fourth-order valence-electron chi connectivity index (χ4n) is 7.03. The number of halogens is 3. The van der Waals surface area contributed by atoms with Gasteiger partial charge in [-0.1, -0.05) is 0 Å². The van der Waals surface area contributed by atoms with Crippen LogP contribution in [0.25, 0.3) is 0 Å². The summed E-state index contributed by atoms with van der Waals surface area (Å²) in [5.74, 6) is -0.173. The van der Waals surface area contributed by atoms with Crippen LogP contribution in [-0.2, 0) is 21.3 Å². The van der Waals surface area contributed by atoms with Crippen molar-refractivity contribution in [1.29, 1.82) is 0 Å². The molecule has 0 aromatic carbocycles. The average Bonchev–Trinajstić information content (AvgIpc) is 2.92. The molecular weight excluding hydrogens is 535 g/mol. The predicted octanol–water partition coefficient (Wildman–Crippen LogP) is 3.33. The third-order valence-electron chi connectivity index (χ3n) is 9.58. The van der Waals surface area contributed by atoms with Crippen molar-refractivity contribution in [3.8, 4) is 0 Å². The number of rotatable bonds is 6. The van der Waals surface area contributed by atoms with E-state index in [0.717, 1.165) is 50.3 Å². The summed E-state index contributed by atoms with van der Waals surface area (Å²) in [5.41, 5.74) is 2.71. The van der Waals surface area contributed by atoms with Crippen LogP contribution in [0.2, 0.25) is 0 Å². The molecule has 0 unspecified atom stereocenters. The summed E-state index contributed by atoms with van der Waals surface area (Å²) >= 11 is 0. The minimum Gasteiger partial charge on any atom is -0.374 e. The third kappa shape index (κ3) is 5.17. The number of methoxy groups -OCH3 is 1. The van der Waals surface area contributed by atoms with Gasteiger partial charge in [0.15, 0.2) is 5.60 Å². The summed E-state index contributed by atoms with van der Waals surface area (Å²) in [6, 6.07) is 4.14. The first-order valence-electron chi connectivity index (χ1n) is 14.6. The number of aromatic nitrogens is 3. The second kappa shape index (κ2) is 10.9. The van der Waals surface area contributed by atoms with E-state index < -0.39 is 17.6 Å². The third-order valence-corrected chi connectivity index (χ3v) is 9.58. The Morgan fingerprint density at radius 2 is 1.78 bits per heavy atom. The number of aryl methyl sites for hydroxylation is 1. The van der Waals surface area contributed by atoms with E-state index in [1.165, 1.54) is 5.56 Å². The van der Waals surface area contributed by atoms with Crippen LogP contribution in [0, 0.1) is 6.92 Å². The topological polar surface area (TPSA) is 78.9 Å². The zero-order valence-electron chi connectivity index (χ0n) is 24.2. The first-order chi connectivity index (χ1) is 19.6. The minimum atomic E-state index is -4.63. The van der Waals surface area contributed by atoms with Crippen molar-refractivity contribution in [2.24, 2.45) is 0 Å². The summed E-state index contributed by atoms with van der Waals surface area (Å²) in [5, 5.41) is 3.36. The van der Waals surface area contributed by atoms with Gasteiger partial charge in [0, 0.05) is 76.8 Å². The van der Waals surface area contributed by atoms with E-state index in [9.17, 15) is 13.2 Å². The Morgan fingerprint density at radius 1 is 1.07 bits per heavy atom. The molecule has 224 valence electrons. The second-order valence-electron chi connectivity index (χ2n) is 12.0. The molecule has 6 heterocycles. The number of ether oxygens (including phenoxy) is 2. The van der Waals surface area contributed by atoms with Gasteiger partial charge in [-0.3, -0.25) is 9.88 Å². The fraction of sp³-hybridized carbons (Fsp3) is 0.690.